The molecule has 0 saturated heterocycles. The van der Waals surface area contributed by atoms with Crippen molar-refractivity contribution in [1.82, 2.24) is 14.9 Å². The summed E-state index contributed by atoms with van der Waals surface area (Å²) < 4.78 is 0. The highest BCUT2D eigenvalue weighted by Gasteiger charge is 2.12. The molecule has 24 heavy (non-hydrogen) atoms. The maximum Gasteiger partial charge on any atom is 0.258 e. The average Bonchev–Trinajstić information content (AvgIpc) is 2.56. The summed E-state index contributed by atoms with van der Waals surface area (Å²) in [6.45, 7) is 7.18. The van der Waals surface area contributed by atoms with E-state index in [9.17, 15) is 9.90 Å². The van der Waals surface area contributed by atoms with Crippen LogP contribution in [0.2, 0.25) is 0 Å². The van der Waals surface area contributed by atoms with Crippen LogP contribution < -0.4 is 18.0 Å². The number of rotatable bonds is 8. The molecular weight excluding hydrogens is 346 g/mol. The van der Waals surface area contributed by atoms with Crippen LogP contribution in [0.3, 0.4) is 0 Å². The van der Waals surface area contributed by atoms with E-state index in [1.54, 1.807) is 0 Å². The van der Waals surface area contributed by atoms with Crippen LogP contribution in [0.1, 0.15) is 25.0 Å². The molecule has 2 N–H and O–H groups in total. The average molecular weight is 369 g/mol. The molecule has 1 aromatic heterocycles. The molecule has 0 fully saturated rings. The first kappa shape index (κ1) is 20.5. The Morgan fingerprint density at radius 3 is 2.46 bits per heavy atom. The van der Waals surface area contributed by atoms with Crippen LogP contribution in [0.25, 0.3) is 0 Å². The van der Waals surface area contributed by atoms with E-state index in [1.165, 1.54) is 11.8 Å². The number of nitrogens with zero attached hydrogens (tertiary/aromatic N) is 2. The molecule has 0 bridgehead atoms. The van der Waals surface area contributed by atoms with Gasteiger partial charge in [-0.1, -0.05) is 55.9 Å². The van der Waals surface area contributed by atoms with Crippen molar-refractivity contribution >= 4 is 11.8 Å². The highest BCUT2D eigenvalue weighted by atomic mass is 35.5. The number of thioether (sulfide) groups is 1. The molecule has 2 aromatic rings. The molecule has 1 aromatic carbocycles. The Hall–Kier alpha value is -1.50. The second-order valence-electron chi connectivity index (χ2n) is 5.21. The van der Waals surface area contributed by atoms with Crippen molar-refractivity contribution in [1.29, 1.82) is 0 Å². The monoisotopic (exact) mass is 368 g/mol. The Bertz CT molecular complexity index is 675. The van der Waals surface area contributed by atoms with Crippen LogP contribution in [0, 0.1) is 0 Å². The molecule has 0 aliphatic rings. The molecule has 0 spiro atoms. The molecule has 132 valence electrons. The first-order chi connectivity index (χ1) is 11.1. The Morgan fingerprint density at radius 2 is 1.88 bits per heavy atom. The predicted octanol–water partition coefficient (Wildman–Crippen LogP) is -0.496. The number of halogens is 1. The number of hydrogen-bond acceptors (Lipinski definition) is 5. The number of nitrogens with one attached hydrogen (secondary N) is 1. The van der Waals surface area contributed by atoms with Crippen molar-refractivity contribution in [2.45, 2.75) is 25.4 Å². The molecule has 0 unspecified atom stereocenters. The number of H-pyrrole nitrogens is 1. The van der Waals surface area contributed by atoms with Gasteiger partial charge in [0.15, 0.2) is 5.16 Å². The van der Waals surface area contributed by atoms with E-state index in [2.05, 4.69) is 28.7 Å². The summed E-state index contributed by atoms with van der Waals surface area (Å²) in [4.78, 5) is 21.4. The Balaban J connectivity index is 0.00000288. The van der Waals surface area contributed by atoms with Gasteiger partial charge in [-0.2, -0.15) is 4.98 Å². The number of aromatic amines is 1. The summed E-state index contributed by atoms with van der Waals surface area (Å²) in [6, 6.07) is 9.58. The third-order valence-electron chi connectivity index (χ3n) is 3.74. The Kier molecular flexibility index (Phi) is 8.89. The molecule has 0 saturated carbocycles. The molecular formula is C17H23ClN3O2S-. The highest BCUT2D eigenvalue weighted by Crippen LogP contribution is 2.18. The summed E-state index contributed by atoms with van der Waals surface area (Å²) in [5, 5.41) is 10.5. The first-order valence-corrected chi connectivity index (χ1v) is 8.83. The lowest BCUT2D eigenvalue weighted by Gasteiger charge is -2.17. The van der Waals surface area contributed by atoms with Crippen molar-refractivity contribution in [2.75, 3.05) is 25.4 Å². The van der Waals surface area contributed by atoms with Crippen LogP contribution in [0.4, 0.5) is 0 Å². The minimum absolute atomic E-state index is 0. The van der Waals surface area contributed by atoms with Gasteiger partial charge in [-0.25, -0.2) is 0 Å². The maximum atomic E-state index is 12.2. The number of aromatic nitrogens is 2. The summed E-state index contributed by atoms with van der Waals surface area (Å²) >= 11 is 1.45. The fourth-order valence-electron chi connectivity index (χ4n) is 2.30. The lowest BCUT2D eigenvalue weighted by Crippen LogP contribution is -3.00. The first-order valence-electron chi connectivity index (χ1n) is 7.85. The SMILES string of the molecule is CCN(CC)CCSc1nc(O)c(Cc2ccccc2)c(=O)[nH]1.[Cl-]. The predicted molar refractivity (Wildman–Crippen MR) is 94.3 cm³/mol. The van der Waals surface area contributed by atoms with E-state index >= 15 is 0 Å². The van der Waals surface area contributed by atoms with Gasteiger partial charge in [0.2, 0.25) is 5.88 Å². The second-order valence-corrected chi connectivity index (χ2v) is 6.29. The van der Waals surface area contributed by atoms with Gasteiger partial charge in [0.25, 0.3) is 5.56 Å². The zero-order valence-corrected chi connectivity index (χ0v) is 15.5. The quantitative estimate of drug-likeness (QED) is 0.486. The van der Waals surface area contributed by atoms with Gasteiger partial charge in [-0.15, -0.1) is 0 Å². The van der Waals surface area contributed by atoms with Gasteiger partial charge in [-0.3, -0.25) is 4.79 Å². The van der Waals surface area contributed by atoms with Crippen molar-refractivity contribution in [2.24, 2.45) is 0 Å². The fraction of sp³-hybridized carbons (Fsp3) is 0.412. The maximum absolute atomic E-state index is 12.2. The zero-order chi connectivity index (χ0) is 16.7. The summed E-state index contributed by atoms with van der Waals surface area (Å²) in [6.07, 6.45) is 0.374. The highest BCUT2D eigenvalue weighted by molar-refractivity contribution is 7.99. The van der Waals surface area contributed by atoms with E-state index in [0.29, 0.717) is 17.1 Å². The standard InChI is InChI=1S/C17H23N3O2S.ClH/c1-3-20(4-2)10-11-23-17-18-15(21)14(16(22)19-17)12-13-8-6-5-7-9-13;/h5-9H,3-4,10-12H2,1-2H3,(H2,18,19,21,22);1H/p-1. The lowest BCUT2D eigenvalue weighted by molar-refractivity contribution is -0.00000611. The van der Waals surface area contributed by atoms with Crippen molar-refractivity contribution < 1.29 is 17.5 Å². The van der Waals surface area contributed by atoms with Gasteiger partial charge in [0, 0.05) is 18.7 Å². The smallest absolute Gasteiger partial charge is 0.258 e. The van der Waals surface area contributed by atoms with Crippen LogP contribution >= 0.6 is 11.8 Å². The van der Waals surface area contributed by atoms with E-state index < -0.39 is 0 Å². The number of benzene rings is 1. The Labute approximate surface area is 152 Å². The van der Waals surface area contributed by atoms with E-state index in [0.717, 1.165) is 31.0 Å². The molecule has 0 amide bonds. The van der Waals surface area contributed by atoms with Crippen LogP contribution in [0.15, 0.2) is 40.3 Å². The van der Waals surface area contributed by atoms with Crippen LogP contribution in [-0.2, 0) is 6.42 Å². The molecule has 2 rings (SSSR count). The minimum Gasteiger partial charge on any atom is -1.00 e. The summed E-state index contributed by atoms with van der Waals surface area (Å²) in [5.74, 6) is 0.644. The summed E-state index contributed by atoms with van der Waals surface area (Å²) in [5.41, 5.74) is 1.01. The lowest BCUT2D eigenvalue weighted by atomic mass is 10.1. The molecule has 0 atom stereocenters. The van der Waals surface area contributed by atoms with Crippen molar-refractivity contribution in [3.63, 3.8) is 0 Å². The van der Waals surface area contributed by atoms with Crippen molar-refractivity contribution in [3.8, 4) is 5.88 Å². The normalized spacial score (nSPS) is 10.6. The zero-order valence-electron chi connectivity index (χ0n) is 14.0. The molecule has 5 nitrogen and oxygen atoms in total. The van der Waals surface area contributed by atoms with Gasteiger partial charge in [-0.05, 0) is 18.7 Å². The second kappa shape index (κ2) is 10.4. The fourth-order valence-corrected chi connectivity index (χ4v) is 3.16. The number of aromatic hydroxyl groups is 1. The largest absolute Gasteiger partial charge is 1.00 e. The molecule has 0 aliphatic heterocycles. The van der Waals surface area contributed by atoms with E-state index in [-0.39, 0.29) is 23.8 Å². The minimum atomic E-state index is -0.272. The Morgan fingerprint density at radius 1 is 1.21 bits per heavy atom. The molecule has 0 radical (unpaired) electrons. The van der Waals surface area contributed by atoms with E-state index in [1.807, 2.05) is 30.3 Å². The third kappa shape index (κ3) is 5.85. The molecule has 7 heteroatoms. The molecule has 0 aliphatic carbocycles. The topological polar surface area (TPSA) is 69.2 Å². The van der Waals surface area contributed by atoms with Gasteiger partial charge >= 0.3 is 0 Å². The van der Waals surface area contributed by atoms with Gasteiger partial charge < -0.3 is 27.4 Å². The van der Waals surface area contributed by atoms with Crippen LogP contribution in [-0.4, -0.2) is 45.4 Å². The summed E-state index contributed by atoms with van der Waals surface area (Å²) in [7, 11) is 0. The number of hydrogen-bond donors (Lipinski definition) is 2. The van der Waals surface area contributed by atoms with Gasteiger partial charge in [0.05, 0.1) is 5.56 Å². The molecule has 1 heterocycles. The van der Waals surface area contributed by atoms with Crippen molar-refractivity contribution in [3.05, 3.63) is 51.8 Å². The van der Waals surface area contributed by atoms with Gasteiger partial charge in [0.1, 0.15) is 0 Å². The van der Waals surface area contributed by atoms with E-state index in [4.69, 9.17) is 0 Å². The third-order valence-corrected chi connectivity index (χ3v) is 4.59. The van der Waals surface area contributed by atoms with Crippen LogP contribution in [0.5, 0.6) is 5.88 Å².